The van der Waals surface area contributed by atoms with Gasteiger partial charge in [-0.3, -0.25) is 0 Å². The number of rotatable bonds is 4. The number of ether oxygens (including phenoxy) is 2. The average molecular weight is 208 g/mol. The van der Waals surface area contributed by atoms with Crippen LogP contribution in [0.1, 0.15) is 6.92 Å². The summed E-state index contributed by atoms with van der Waals surface area (Å²) in [5, 5.41) is 18.6. The molecule has 13 heavy (non-hydrogen) atoms. The SMILES string of the molecule is CCSC1C(CO)OC(OC)C1O. The fourth-order valence-electron chi connectivity index (χ4n) is 1.45. The van der Waals surface area contributed by atoms with E-state index >= 15 is 0 Å². The molecular weight excluding hydrogens is 192 g/mol. The maximum atomic E-state index is 9.70. The zero-order valence-electron chi connectivity index (χ0n) is 7.84. The number of thioether (sulfide) groups is 1. The van der Waals surface area contributed by atoms with E-state index in [1.54, 1.807) is 11.8 Å². The lowest BCUT2D eigenvalue weighted by Crippen LogP contribution is -2.32. The smallest absolute Gasteiger partial charge is 0.184 e. The van der Waals surface area contributed by atoms with Gasteiger partial charge in [0.25, 0.3) is 0 Å². The van der Waals surface area contributed by atoms with Crippen molar-refractivity contribution in [3.05, 3.63) is 0 Å². The van der Waals surface area contributed by atoms with E-state index in [4.69, 9.17) is 14.6 Å². The van der Waals surface area contributed by atoms with Crippen LogP contribution in [0.15, 0.2) is 0 Å². The van der Waals surface area contributed by atoms with Gasteiger partial charge in [-0.05, 0) is 5.75 Å². The van der Waals surface area contributed by atoms with Gasteiger partial charge in [0.05, 0.1) is 18.0 Å². The first-order valence-electron chi connectivity index (χ1n) is 4.33. The third kappa shape index (κ3) is 2.35. The second-order valence-electron chi connectivity index (χ2n) is 2.87. The van der Waals surface area contributed by atoms with E-state index in [9.17, 15) is 5.11 Å². The molecule has 0 aromatic rings. The van der Waals surface area contributed by atoms with Crippen LogP contribution >= 0.6 is 11.8 Å². The summed E-state index contributed by atoms with van der Waals surface area (Å²) in [7, 11) is 1.49. The van der Waals surface area contributed by atoms with Crippen molar-refractivity contribution in [1.29, 1.82) is 0 Å². The second-order valence-corrected chi connectivity index (χ2v) is 4.33. The van der Waals surface area contributed by atoms with E-state index in [-0.39, 0.29) is 18.0 Å². The molecular formula is C8H16O4S. The van der Waals surface area contributed by atoms with Gasteiger partial charge in [0.1, 0.15) is 6.10 Å². The molecule has 1 heterocycles. The number of aliphatic hydroxyl groups excluding tert-OH is 2. The van der Waals surface area contributed by atoms with Crippen LogP contribution < -0.4 is 0 Å². The van der Waals surface area contributed by atoms with Crippen LogP contribution in [0.3, 0.4) is 0 Å². The van der Waals surface area contributed by atoms with E-state index in [1.807, 2.05) is 6.92 Å². The molecule has 0 radical (unpaired) electrons. The number of aliphatic hydroxyl groups is 2. The van der Waals surface area contributed by atoms with Crippen molar-refractivity contribution in [3.63, 3.8) is 0 Å². The van der Waals surface area contributed by atoms with Crippen LogP contribution in [0, 0.1) is 0 Å². The largest absolute Gasteiger partial charge is 0.394 e. The normalized spacial score (nSPS) is 39.7. The molecule has 0 saturated carbocycles. The van der Waals surface area contributed by atoms with Gasteiger partial charge < -0.3 is 19.7 Å². The molecule has 1 rings (SSSR count). The summed E-state index contributed by atoms with van der Waals surface area (Å²) in [6.07, 6.45) is -1.56. The van der Waals surface area contributed by atoms with Gasteiger partial charge >= 0.3 is 0 Å². The minimum absolute atomic E-state index is 0.0748. The molecule has 0 bridgehead atoms. The first-order valence-corrected chi connectivity index (χ1v) is 5.38. The quantitative estimate of drug-likeness (QED) is 0.672. The van der Waals surface area contributed by atoms with Crippen molar-refractivity contribution in [2.45, 2.75) is 30.7 Å². The van der Waals surface area contributed by atoms with Crippen LogP contribution in [0.2, 0.25) is 0 Å². The zero-order chi connectivity index (χ0) is 9.84. The summed E-state index contributed by atoms with van der Waals surface area (Å²) >= 11 is 1.58. The maximum Gasteiger partial charge on any atom is 0.184 e. The third-order valence-electron chi connectivity index (χ3n) is 2.06. The molecule has 1 saturated heterocycles. The summed E-state index contributed by atoms with van der Waals surface area (Å²) in [6, 6.07) is 0. The van der Waals surface area contributed by atoms with Crippen molar-refractivity contribution >= 4 is 11.8 Å². The van der Waals surface area contributed by atoms with Crippen LogP contribution in [-0.4, -0.2) is 53.4 Å². The standard InChI is InChI=1S/C8H16O4S/c1-3-13-7-5(4-9)12-8(11-2)6(7)10/h5-10H,3-4H2,1-2H3. The number of hydrogen-bond acceptors (Lipinski definition) is 5. The van der Waals surface area contributed by atoms with Crippen LogP contribution in [0.4, 0.5) is 0 Å². The highest BCUT2D eigenvalue weighted by molar-refractivity contribution is 8.00. The summed E-state index contributed by atoms with van der Waals surface area (Å²) in [5.41, 5.74) is 0. The highest BCUT2D eigenvalue weighted by atomic mass is 32.2. The topological polar surface area (TPSA) is 58.9 Å². The monoisotopic (exact) mass is 208 g/mol. The fraction of sp³-hybridized carbons (Fsp3) is 1.00. The Hall–Kier alpha value is 0.190. The molecule has 0 aromatic heterocycles. The molecule has 2 N–H and O–H groups in total. The molecule has 4 unspecified atom stereocenters. The van der Waals surface area contributed by atoms with Crippen molar-refractivity contribution in [3.8, 4) is 0 Å². The van der Waals surface area contributed by atoms with Gasteiger partial charge in [-0.25, -0.2) is 0 Å². The van der Waals surface area contributed by atoms with Gasteiger partial charge in [-0.15, -0.1) is 0 Å². The summed E-state index contributed by atoms with van der Waals surface area (Å²) in [4.78, 5) is 0. The molecule has 0 spiro atoms. The van der Waals surface area contributed by atoms with E-state index < -0.39 is 12.4 Å². The highest BCUT2D eigenvalue weighted by Gasteiger charge is 2.43. The lowest BCUT2D eigenvalue weighted by atomic mass is 10.2. The zero-order valence-corrected chi connectivity index (χ0v) is 8.66. The Morgan fingerprint density at radius 1 is 1.54 bits per heavy atom. The number of hydrogen-bond donors (Lipinski definition) is 2. The van der Waals surface area contributed by atoms with Crippen LogP contribution in [0.25, 0.3) is 0 Å². The van der Waals surface area contributed by atoms with Crippen molar-refractivity contribution < 1.29 is 19.7 Å². The molecule has 78 valence electrons. The molecule has 1 fully saturated rings. The average Bonchev–Trinajstić information content (AvgIpc) is 2.45. The van der Waals surface area contributed by atoms with Crippen molar-refractivity contribution in [1.82, 2.24) is 0 Å². The van der Waals surface area contributed by atoms with Crippen LogP contribution in [0.5, 0.6) is 0 Å². The minimum Gasteiger partial charge on any atom is -0.394 e. The Balaban J connectivity index is 2.56. The Kier molecular flexibility index (Phi) is 4.48. The molecule has 0 aromatic carbocycles. The third-order valence-corrected chi connectivity index (χ3v) is 3.36. The molecule has 0 amide bonds. The van der Waals surface area contributed by atoms with E-state index in [0.717, 1.165) is 5.75 Å². The minimum atomic E-state index is -0.646. The highest BCUT2D eigenvalue weighted by Crippen LogP contribution is 2.30. The second kappa shape index (κ2) is 5.17. The first-order chi connectivity index (χ1) is 6.24. The summed E-state index contributed by atoms with van der Waals surface area (Å²) in [5.74, 6) is 0.887. The van der Waals surface area contributed by atoms with E-state index in [0.29, 0.717) is 0 Å². The molecule has 4 nitrogen and oxygen atoms in total. The molecule has 4 atom stereocenters. The Morgan fingerprint density at radius 2 is 2.23 bits per heavy atom. The predicted molar refractivity (Wildman–Crippen MR) is 50.7 cm³/mol. The number of methoxy groups -OCH3 is 1. The summed E-state index contributed by atoms with van der Waals surface area (Å²) in [6.45, 7) is 1.93. The Labute approximate surface area is 82.2 Å². The lowest BCUT2D eigenvalue weighted by molar-refractivity contribution is -0.153. The van der Waals surface area contributed by atoms with Gasteiger partial charge in [0.2, 0.25) is 0 Å². The Morgan fingerprint density at radius 3 is 2.69 bits per heavy atom. The van der Waals surface area contributed by atoms with E-state index in [1.165, 1.54) is 7.11 Å². The first kappa shape index (κ1) is 11.3. The predicted octanol–water partition coefficient (Wildman–Crippen LogP) is -0.167. The van der Waals surface area contributed by atoms with Gasteiger partial charge in [0.15, 0.2) is 6.29 Å². The molecule has 1 aliphatic heterocycles. The fourth-order valence-corrected chi connectivity index (χ4v) is 2.52. The maximum absolute atomic E-state index is 9.70. The van der Waals surface area contributed by atoms with Gasteiger partial charge in [-0.2, -0.15) is 11.8 Å². The summed E-state index contributed by atoms with van der Waals surface area (Å²) < 4.78 is 10.2. The Bertz CT molecular complexity index is 153. The molecule has 5 heteroatoms. The van der Waals surface area contributed by atoms with Crippen molar-refractivity contribution in [2.24, 2.45) is 0 Å². The van der Waals surface area contributed by atoms with E-state index in [2.05, 4.69) is 0 Å². The van der Waals surface area contributed by atoms with Crippen molar-refractivity contribution in [2.75, 3.05) is 19.5 Å². The lowest BCUT2D eigenvalue weighted by Gasteiger charge is -2.16. The van der Waals surface area contributed by atoms with Crippen LogP contribution in [-0.2, 0) is 9.47 Å². The molecule has 1 aliphatic rings. The molecule has 0 aliphatic carbocycles. The van der Waals surface area contributed by atoms with Gasteiger partial charge in [0, 0.05) is 7.11 Å². The van der Waals surface area contributed by atoms with Gasteiger partial charge in [-0.1, -0.05) is 6.92 Å².